The second-order valence-electron chi connectivity index (χ2n) is 9.30. The van der Waals surface area contributed by atoms with Crippen LogP contribution in [0.5, 0.6) is 0 Å². The monoisotopic (exact) mass is 444 g/mol. The van der Waals surface area contributed by atoms with E-state index in [0.717, 1.165) is 66.4 Å². The molecule has 3 heterocycles. The second kappa shape index (κ2) is 8.63. The number of amides is 1. The van der Waals surface area contributed by atoms with Crippen LogP contribution in [0.4, 0.5) is 5.82 Å². The second-order valence-corrected chi connectivity index (χ2v) is 9.30. The zero-order chi connectivity index (χ0) is 23.1. The van der Waals surface area contributed by atoms with Crippen LogP contribution in [0.1, 0.15) is 41.6 Å². The summed E-state index contributed by atoms with van der Waals surface area (Å²) in [7, 11) is 3.99. The van der Waals surface area contributed by atoms with Crippen molar-refractivity contribution in [2.75, 3.05) is 20.1 Å². The number of nitrogens with one attached hydrogen (secondary N) is 1. The molecular weight excluding hydrogens is 412 g/mol. The van der Waals surface area contributed by atoms with Gasteiger partial charge in [-0.1, -0.05) is 12.7 Å². The fourth-order valence-corrected chi connectivity index (χ4v) is 4.96. The third-order valence-corrected chi connectivity index (χ3v) is 7.08. The Balaban J connectivity index is 1.53. The van der Waals surface area contributed by atoms with Crippen molar-refractivity contribution < 1.29 is 4.79 Å². The summed E-state index contributed by atoms with van der Waals surface area (Å²) in [5, 5.41) is 3.31. The Kier molecular flexibility index (Phi) is 5.66. The minimum absolute atomic E-state index is 0.0771. The van der Waals surface area contributed by atoms with E-state index in [1.807, 2.05) is 43.3 Å². The number of aryl methyl sites for hydroxylation is 1. The highest BCUT2D eigenvalue weighted by atomic mass is 16.2. The number of fused-ring (bicyclic) bond motifs is 1. The van der Waals surface area contributed by atoms with Gasteiger partial charge in [0.2, 0.25) is 0 Å². The Morgan fingerprint density at radius 2 is 2.12 bits per heavy atom. The number of hydrogen-bond acceptors (Lipinski definition) is 4. The van der Waals surface area contributed by atoms with Crippen LogP contribution in [0.2, 0.25) is 0 Å². The van der Waals surface area contributed by atoms with Crippen LogP contribution in [0.3, 0.4) is 0 Å². The first-order valence-corrected chi connectivity index (χ1v) is 11.8. The number of likely N-dealkylation sites (N-methyl/N-ethyl adjacent to an activating group) is 1. The molecule has 1 aliphatic heterocycles. The van der Waals surface area contributed by atoms with Gasteiger partial charge in [0, 0.05) is 43.9 Å². The highest BCUT2D eigenvalue weighted by Gasteiger charge is 2.27. The maximum Gasteiger partial charge on any atom is 0.253 e. The summed E-state index contributed by atoms with van der Waals surface area (Å²) in [6, 6.07) is 8.32. The van der Waals surface area contributed by atoms with Gasteiger partial charge in [0.25, 0.3) is 5.91 Å². The van der Waals surface area contributed by atoms with E-state index in [2.05, 4.69) is 38.8 Å². The third kappa shape index (κ3) is 3.91. The minimum atomic E-state index is 0.0771. The SMILES string of the molecule is C=Cc1cc(-c2nc3cc(C(=O)N4CCCC(NC)C4)ccc3n2C)n(CC2CC2)c1N=C. The number of nitrogens with zero attached hydrogens (tertiary/aromatic N) is 5. The van der Waals surface area contributed by atoms with Crippen molar-refractivity contribution in [3.63, 3.8) is 0 Å². The number of hydrogen-bond donors (Lipinski definition) is 1. The molecule has 1 unspecified atom stereocenters. The van der Waals surface area contributed by atoms with Gasteiger partial charge in [-0.3, -0.25) is 4.79 Å². The topological polar surface area (TPSA) is 67.5 Å². The lowest BCUT2D eigenvalue weighted by Crippen LogP contribution is -2.46. The molecule has 1 saturated heterocycles. The zero-order valence-corrected chi connectivity index (χ0v) is 19.5. The fourth-order valence-electron chi connectivity index (χ4n) is 4.96. The molecule has 0 spiro atoms. The van der Waals surface area contributed by atoms with Gasteiger partial charge in [0.1, 0.15) is 5.82 Å². The molecule has 1 N–H and O–H groups in total. The van der Waals surface area contributed by atoms with Crippen molar-refractivity contribution in [3.05, 3.63) is 42.0 Å². The van der Waals surface area contributed by atoms with E-state index >= 15 is 0 Å². The predicted octanol–water partition coefficient (Wildman–Crippen LogP) is 4.25. The molecule has 2 aliphatic rings. The van der Waals surface area contributed by atoms with Gasteiger partial charge in [-0.05, 0) is 69.6 Å². The van der Waals surface area contributed by atoms with Gasteiger partial charge in [-0.15, -0.1) is 0 Å². The third-order valence-electron chi connectivity index (χ3n) is 7.08. The van der Waals surface area contributed by atoms with E-state index in [9.17, 15) is 4.79 Å². The number of likely N-dealkylation sites (tertiary alicyclic amines) is 1. The van der Waals surface area contributed by atoms with E-state index in [0.29, 0.717) is 17.5 Å². The van der Waals surface area contributed by atoms with Crippen molar-refractivity contribution in [2.24, 2.45) is 18.0 Å². The average molecular weight is 445 g/mol. The summed E-state index contributed by atoms with van der Waals surface area (Å²) in [5.41, 5.74) is 4.50. The predicted molar refractivity (Wildman–Crippen MR) is 134 cm³/mol. The Bertz CT molecular complexity index is 1230. The Labute approximate surface area is 194 Å². The Morgan fingerprint density at radius 1 is 1.30 bits per heavy atom. The lowest BCUT2D eigenvalue weighted by molar-refractivity contribution is 0.0698. The average Bonchev–Trinajstić information content (AvgIpc) is 3.52. The van der Waals surface area contributed by atoms with Crippen molar-refractivity contribution in [1.29, 1.82) is 0 Å². The van der Waals surface area contributed by atoms with Gasteiger partial charge in [0.15, 0.2) is 5.82 Å². The number of piperidine rings is 1. The van der Waals surface area contributed by atoms with Crippen molar-refractivity contribution in [3.8, 4) is 11.5 Å². The van der Waals surface area contributed by atoms with Gasteiger partial charge < -0.3 is 19.4 Å². The lowest BCUT2D eigenvalue weighted by Gasteiger charge is -2.32. The Morgan fingerprint density at radius 3 is 2.82 bits per heavy atom. The van der Waals surface area contributed by atoms with Gasteiger partial charge >= 0.3 is 0 Å². The molecule has 2 fully saturated rings. The van der Waals surface area contributed by atoms with E-state index in [1.165, 1.54) is 12.8 Å². The number of aromatic nitrogens is 3. The number of carbonyl (C=O) groups excluding carboxylic acids is 1. The van der Waals surface area contributed by atoms with Crippen LogP contribution in [0, 0.1) is 5.92 Å². The van der Waals surface area contributed by atoms with Crippen LogP contribution < -0.4 is 5.32 Å². The van der Waals surface area contributed by atoms with E-state index in [4.69, 9.17) is 4.98 Å². The Hall–Kier alpha value is -3.19. The van der Waals surface area contributed by atoms with Crippen molar-refractivity contribution in [1.82, 2.24) is 24.3 Å². The number of benzene rings is 1. The minimum Gasteiger partial charge on any atom is -0.337 e. The van der Waals surface area contributed by atoms with Crippen LogP contribution in [0.15, 0.2) is 35.8 Å². The summed E-state index contributed by atoms with van der Waals surface area (Å²) >= 11 is 0. The molecule has 7 nitrogen and oxygen atoms in total. The van der Waals surface area contributed by atoms with E-state index < -0.39 is 0 Å². The summed E-state index contributed by atoms with van der Waals surface area (Å²) in [6.45, 7) is 10.2. The molecule has 3 aromatic rings. The van der Waals surface area contributed by atoms with Gasteiger partial charge in [0.05, 0.1) is 16.7 Å². The molecule has 0 radical (unpaired) electrons. The maximum absolute atomic E-state index is 13.2. The molecule has 0 bridgehead atoms. The molecule has 5 rings (SSSR count). The first kappa shape index (κ1) is 21.6. The maximum atomic E-state index is 13.2. The molecule has 1 aromatic carbocycles. The molecular formula is C26H32N6O. The summed E-state index contributed by atoms with van der Waals surface area (Å²) in [6.07, 6.45) is 6.45. The fraction of sp³-hybridized carbons (Fsp3) is 0.423. The van der Waals surface area contributed by atoms with Crippen LogP contribution in [-0.2, 0) is 13.6 Å². The number of imidazole rings is 1. The summed E-state index contributed by atoms with van der Waals surface area (Å²) < 4.78 is 4.32. The standard InChI is InChI=1S/C26H32N6O/c1-5-18-14-23(32(24(18)28-3)15-17-8-9-17)25-29-21-13-19(10-11-22(21)30(25)4)26(33)31-12-6-7-20(16-31)27-2/h5,10-11,13-14,17,20,27H,1,3,6-9,12,15-16H2,2,4H3. The van der Waals surface area contributed by atoms with Gasteiger partial charge in [-0.25, -0.2) is 9.98 Å². The highest BCUT2D eigenvalue weighted by molar-refractivity contribution is 5.98. The molecule has 2 aromatic heterocycles. The molecule has 1 amide bonds. The molecule has 1 atom stereocenters. The van der Waals surface area contributed by atoms with Crippen LogP contribution in [-0.4, -0.2) is 57.8 Å². The smallest absolute Gasteiger partial charge is 0.253 e. The summed E-state index contributed by atoms with van der Waals surface area (Å²) in [5.74, 6) is 2.47. The number of carbonyl (C=O) groups is 1. The normalized spacial score (nSPS) is 18.6. The molecule has 7 heteroatoms. The summed E-state index contributed by atoms with van der Waals surface area (Å²) in [4.78, 5) is 24.4. The van der Waals surface area contributed by atoms with Crippen LogP contribution >= 0.6 is 0 Å². The molecule has 1 saturated carbocycles. The largest absolute Gasteiger partial charge is 0.337 e. The number of rotatable bonds is 7. The van der Waals surface area contributed by atoms with Crippen molar-refractivity contribution >= 4 is 35.6 Å². The van der Waals surface area contributed by atoms with E-state index in [1.54, 1.807) is 0 Å². The first-order valence-electron chi connectivity index (χ1n) is 11.8. The quantitative estimate of drug-likeness (QED) is 0.554. The van der Waals surface area contributed by atoms with Crippen LogP contribution in [0.25, 0.3) is 28.6 Å². The molecule has 172 valence electrons. The first-order chi connectivity index (χ1) is 16.0. The van der Waals surface area contributed by atoms with Crippen molar-refractivity contribution in [2.45, 2.75) is 38.3 Å². The lowest BCUT2D eigenvalue weighted by atomic mass is 10.0. The highest BCUT2D eigenvalue weighted by Crippen LogP contribution is 2.38. The number of aliphatic imine (C=N–C) groups is 1. The van der Waals surface area contributed by atoms with E-state index in [-0.39, 0.29) is 5.91 Å². The molecule has 1 aliphatic carbocycles. The molecule has 33 heavy (non-hydrogen) atoms. The van der Waals surface area contributed by atoms with Gasteiger partial charge in [-0.2, -0.15) is 0 Å². The zero-order valence-electron chi connectivity index (χ0n) is 19.5.